The first-order valence-corrected chi connectivity index (χ1v) is 5.61. The zero-order chi connectivity index (χ0) is 14.5. The molecule has 0 bridgehead atoms. The Balaban J connectivity index is 2.15. The lowest BCUT2D eigenvalue weighted by Gasteiger charge is -2.08. The number of hydrogen-bond donors (Lipinski definition) is 1. The highest BCUT2D eigenvalue weighted by Gasteiger charge is 2.17. The van der Waals surface area contributed by atoms with Gasteiger partial charge in [-0.3, -0.25) is 0 Å². The normalized spacial score (nSPS) is 12.2. The van der Waals surface area contributed by atoms with E-state index in [1.165, 1.54) is 21.8 Å². The van der Waals surface area contributed by atoms with Crippen LogP contribution in [0, 0.1) is 15.0 Å². The number of aromatic nitrogens is 5. The molecule has 0 saturated heterocycles. The van der Waals surface area contributed by atoms with E-state index < -0.39 is 11.0 Å². The third-order valence-electron chi connectivity index (χ3n) is 2.64. The number of hydrogen-bond acceptors (Lipinski definition) is 8. The molecule has 0 saturated carbocycles. The highest BCUT2D eigenvalue weighted by Crippen LogP contribution is 2.12. The van der Waals surface area contributed by atoms with Crippen LogP contribution in [0.2, 0.25) is 0 Å². The largest absolute Gasteiger partial charge is 0.394 e. The highest BCUT2D eigenvalue weighted by atomic mass is 16.6. The molecule has 0 aliphatic rings. The Morgan fingerprint density at radius 3 is 3.00 bits per heavy atom. The molecule has 2 rings (SSSR count). The minimum Gasteiger partial charge on any atom is -0.394 e. The Morgan fingerprint density at radius 2 is 2.35 bits per heavy atom. The fraction of sp³-hybridized carbons (Fsp3) is 0.444. The summed E-state index contributed by atoms with van der Waals surface area (Å²) in [4.78, 5) is 24.1. The summed E-state index contributed by atoms with van der Waals surface area (Å²) < 4.78 is 2.61. The standard InChI is InChI=1S/C9H11N7O4/c17-5-8(1-11-18)15-4-7(12-13-15)3-14-6-10-2-9(14)16(19)20/h2,4,6,8,17H,1,3,5H2. The Bertz CT molecular complexity index is 607. The Kier molecular flexibility index (Phi) is 4.10. The van der Waals surface area contributed by atoms with Crippen LogP contribution in [0.5, 0.6) is 0 Å². The molecule has 11 heteroatoms. The molecule has 1 atom stereocenters. The molecule has 0 spiro atoms. The van der Waals surface area contributed by atoms with Crippen LogP contribution in [0.25, 0.3) is 0 Å². The lowest BCUT2D eigenvalue weighted by atomic mass is 10.3. The molecule has 20 heavy (non-hydrogen) atoms. The third-order valence-corrected chi connectivity index (χ3v) is 2.64. The van der Waals surface area contributed by atoms with Crippen molar-refractivity contribution >= 4 is 5.82 Å². The van der Waals surface area contributed by atoms with Crippen molar-refractivity contribution in [2.24, 2.45) is 5.18 Å². The van der Waals surface area contributed by atoms with Crippen molar-refractivity contribution in [1.29, 1.82) is 0 Å². The zero-order valence-corrected chi connectivity index (χ0v) is 10.2. The minimum atomic E-state index is -0.591. The molecule has 0 radical (unpaired) electrons. The van der Waals surface area contributed by atoms with Crippen LogP contribution < -0.4 is 0 Å². The predicted molar refractivity (Wildman–Crippen MR) is 64.8 cm³/mol. The van der Waals surface area contributed by atoms with Gasteiger partial charge in [0.15, 0.2) is 6.33 Å². The first-order chi connectivity index (χ1) is 9.65. The summed E-state index contributed by atoms with van der Waals surface area (Å²) in [6, 6.07) is -0.591. The van der Waals surface area contributed by atoms with E-state index in [9.17, 15) is 15.0 Å². The maximum atomic E-state index is 10.7. The number of aliphatic hydroxyl groups excluding tert-OH is 1. The van der Waals surface area contributed by atoms with Gasteiger partial charge in [-0.2, -0.15) is 4.91 Å². The van der Waals surface area contributed by atoms with E-state index in [1.54, 1.807) is 0 Å². The summed E-state index contributed by atoms with van der Waals surface area (Å²) in [6.45, 7) is -0.326. The van der Waals surface area contributed by atoms with Gasteiger partial charge in [-0.05, 0) is 4.92 Å². The maximum Gasteiger partial charge on any atom is 0.342 e. The second kappa shape index (κ2) is 5.97. The summed E-state index contributed by atoms with van der Waals surface area (Å²) in [5.74, 6) is -0.159. The number of aliphatic hydroxyl groups is 1. The van der Waals surface area contributed by atoms with E-state index in [4.69, 9.17) is 5.11 Å². The molecule has 0 aliphatic heterocycles. The topological polar surface area (TPSA) is 141 Å². The monoisotopic (exact) mass is 281 g/mol. The van der Waals surface area contributed by atoms with Crippen LogP contribution in [-0.4, -0.2) is 47.7 Å². The van der Waals surface area contributed by atoms with E-state index in [2.05, 4.69) is 20.5 Å². The lowest BCUT2D eigenvalue weighted by molar-refractivity contribution is -0.392. The summed E-state index contributed by atoms with van der Waals surface area (Å²) in [7, 11) is 0. The highest BCUT2D eigenvalue weighted by molar-refractivity contribution is 5.16. The molecule has 0 amide bonds. The van der Waals surface area contributed by atoms with Gasteiger partial charge in [0.1, 0.15) is 25.0 Å². The van der Waals surface area contributed by atoms with Crippen molar-refractivity contribution in [2.45, 2.75) is 12.6 Å². The van der Waals surface area contributed by atoms with Gasteiger partial charge in [-0.15, -0.1) is 5.10 Å². The molecule has 0 fully saturated rings. The van der Waals surface area contributed by atoms with Crippen molar-refractivity contribution in [2.75, 3.05) is 13.2 Å². The van der Waals surface area contributed by atoms with Crippen LogP contribution in [0.15, 0.2) is 23.9 Å². The number of nitrogens with zero attached hydrogens (tertiary/aromatic N) is 7. The van der Waals surface area contributed by atoms with Crippen LogP contribution in [0.1, 0.15) is 11.7 Å². The fourth-order valence-electron chi connectivity index (χ4n) is 1.64. The predicted octanol–water partition coefficient (Wildman–Crippen LogP) is -0.269. The SMILES string of the molecule is O=NCC(CO)n1cc(Cn2cncc2[N+](=O)[O-])nn1. The van der Waals surface area contributed by atoms with Crippen LogP contribution >= 0.6 is 0 Å². The number of imidazole rings is 1. The second-order valence-corrected chi connectivity index (χ2v) is 3.97. The average Bonchev–Trinajstić information content (AvgIpc) is 3.05. The van der Waals surface area contributed by atoms with Crippen molar-refractivity contribution in [3.05, 3.63) is 39.4 Å². The summed E-state index contributed by atoms with van der Waals surface area (Å²) >= 11 is 0. The quantitative estimate of drug-likeness (QED) is 0.418. The molecule has 1 N–H and O–H groups in total. The second-order valence-electron chi connectivity index (χ2n) is 3.97. The van der Waals surface area contributed by atoms with E-state index in [0.717, 1.165) is 6.20 Å². The van der Waals surface area contributed by atoms with Crippen molar-refractivity contribution in [3.8, 4) is 0 Å². The smallest absolute Gasteiger partial charge is 0.342 e. The molecule has 1 unspecified atom stereocenters. The number of nitro groups is 1. The molecule has 2 heterocycles. The van der Waals surface area contributed by atoms with E-state index in [0.29, 0.717) is 5.69 Å². The van der Waals surface area contributed by atoms with Gasteiger partial charge in [-0.1, -0.05) is 10.4 Å². The van der Waals surface area contributed by atoms with Crippen molar-refractivity contribution in [1.82, 2.24) is 24.5 Å². The first-order valence-electron chi connectivity index (χ1n) is 5.61. The van der Waals surface area contributed by atoms with Gasteiger partial charge in [-0.25, -0.2) is 14.2 Å². The van der Waals surface area contributed by atoms with Crippen LogP contribution in [0.3, 0.4) is 0 Å². The molecule has 2 aromatic heterocycles. The maximum absolute atomic E-state index is 10.7. The van der Waals surface area contributed by atoms with Gasteiger partial charge in [0.05, 0.1) is 18.8 Å². The Labute approximate surface area is 112 Å². The molecular weight excluding hydrogens is 270 g/mol. The van der Waals surface area contributed by atoms with Gasteiger partial charge in [0.2, 0.25) is 0 Å². The van der Waals surface area contributed by atoms with Gasteiger partial charge >= 0.3 is 5.82 Å². The molecule has 106 valence electrons. The van der Waals surface area contributed by atoms with E-state index in [-0.39, 0.29) is 25.5 Å². The Hall–Kier alpha value is -2.69. The summed E-state index contributed by atoms with van der Waals surface area (Å²) in [5.41, 5.74) is 0.440. The van der Waals surface area contributed by atoms with Gasteiger partial charge in [0, 0.05) is 0 Å². The summed E-state index contributed by atoms with van der Waals surface area (Å²) in [6.07, 6.45) is 3.95. The molecule has 11 nitrogen and oxygen atoms in total. The zero-order valence-electron chi connectivity index (χ0n) is 10.2. The van der Waals surface area contributed by atoms with Gasteiger partial charge < -0.3 is 15.2 Å². The number of nitroso groups, excluding NO2 is 1. The summed E-state index contributed by atoms with van der Waals surface area (Å²) in [5, 5.41) is 30.1. The lowest BCUT2D eigenvalue weighted by Crippen LogP contribution is -2.16. The van der Waals surface area contributed by atoms with Crippen LogP contribution in [0.4, 0.5) is 5.82 Å². The third kappa shape index (κ3) is 2.83. The van der Waals surface area contributed by atoms with Crippen molar-refractivity contribution < 1.29 is 10.0 Å². The average molecular weight is 281 g/mol. The number of rotatable bonds is 7. The van der Waals surface area contributed by atoms with Crippen molar-refractivity contribution in [3.63, 3.8) is 0 Å². The fourth-order valence-corrected chi connectivity index (χ4v) is 1.64. The van der Waals surface area contributed by atoms with E-state index >= 15 is 0 Å². The molecule has 0 aliphatic carbocycles. The first kappa shape index (κ1) is 13.7. The molecule has 2 aromatic rings. The molecule has 0 aromatic carbocycles. The minimum absolute atomic E-state index is 0.114. The van der Waals surface area contributed by atoms with E-state index in [1.807, 2.05) is 0 Å². The van der Waals surface area contributed by atoms with Gasteiger partial charge in [0.25, 0.3) is 0 Å². The molecular formula is C9H11N7O4. The van der Waals surface area contributed by atoms with Crippen LogP contribution in [-0.2, 0) is 6.54 Å². The Morgan fingerprint density at radius 1 is 1.55 bits per heavy atom.